The number of hydrogen-bond donors (Lipinski definition) is 0. The van der Waals surface area contributed by atoms with Gasteiger partial charge in [-0.2, -0.15) is 0 Å². The van der Waals surface area contributed by atoms with Gasteiger partial charge in [0.15, 0.2) is 12.1 Å². The van der Waals surface area contributed by atoms with Crippen LogP contribution in [0.4, 0.5) is 8.78 Å². The number of ether oxygens (including phenoxy) is 1. The Balaban J connectivity index is 2.12. The molecule has 1 unspecified atom stereocenters. The molecule has 2 heterocycles. The van der Waals surface area contributed by atoms with Gasteiger partial charge < -0.3 is 14.1 Å². The Morgan fingerprint density at radius 1 is 1.61 bits per heavy atom. The summed E-state index contributed by atoms with van der Waals surface area (Å²) in [5, 5.41) is 0. The number of carbonyl (C=O) groups excluding carboxylic acids is 1. The smallest absolute Gasteiger partial charge is 0.291 e. The molecule has 0 bridgehead atoms. The van der Waals surface area contributed by atoms with E-state index in [1.807, 2.05) is 0 Å². The van der Waals surface area contributed by atoms with Crippen molar-refractivity contribution in [1.29, 1.82) is 0 Å². The SMILES string of the molecule is CN(C(=O)c1ocnc1C(F)F)C1CCCOC1. The first-order chi connectivity index (χ1) is 8.61. The molecule has 1 aliphatic heterocycles. The fourth-order valence-electron chi connectivity index (χ4n) is 1.93. The number of likely N-dealkylation sites (N-methyl/N-ethyl adjacent to an activating group) is 1. The molecule has 0 aromatic carbocycles. The number of halogens is 2. The van der Waals surface area contributed by atoms with Crippen molar-refractivity contribution in [2.45, 2.75) is 25.3 Å². The minimum Gasteiger partial charge on any atom is -0.438 e. The van der Waals surface area contributed by atoms with Crippen molar-refractivity contribution in [3.63, 3.8) is 0 Å². The molecule has 1 amide bonds. The zero-order valence-electron chi connectivity index (χ0n) is 9.94. The maximum Gasteiger partial charge on any atom is 0.291 e. The Hall–Kier alpha value is -1.50. The second kappa shape index (κ2) is 5.43. The number of alkyl halides is 2. The highest BCUT2D eigenvalue weighted by molar-refractivity contribution is 5.92. The average Bonchev–Trinajstić information content (AvgIpc) is 2.87. The largest absolute Gasteiger partial charge is 0.438 e. The molecule has 100 valence electrons. The number of aromatic nitrogens is 1. The van der Waals surface area contributed by atoms with Crippen molar-refractivity contribution in [3.05, 3.63) is 17.8 Å². The standard InChI is InChI=1S/C11H14F2N2O3/c1-15(7-3-2-4-17-5-7)11(16)9-8(10(12)13)14-6-18-9/h6-7,10H,2-5H2,1H3. The van der Waals surface area contributed by atoms with Crippen molar-refractivity contribution >= 4 is 5.91 Å². The highest BCUT2D eigenvalue weighted by Crippen LogP contribution is 2.23. The van der Waals surface area contributed by atoms with Crippen LogP contribution in [0.1, 0.15) is 35.5 Å². The molecule has 1 atom stereocenters. The highest BCUT2D eigenvalue weighted by Gasteiger charge is 2.30. The van der Waals surface area contributed by atoms with Gasteiger partial charge in [0, 0.05) is 13.7 Å². The van der Waals surface area contributed by atoms with Gasteiger partial charge in [0.05, 0.1) is 12.6 Å². The Bertz CT molecular complexity index is 416. The first-order valence-corrected chi connectivity index (χ1v) is 5.67. The second-order valence-corrected chi connectivity index (χ2v) is 4.15. The van der Waals surface area contributed by atoms with Crippen LogP contribution in [-0.4, -0.2) is 42.1 Å². The number of oxazole rings is 1. The third kappa shape index (κ3) is 2.50. The van der Waals surface area contributed by atoms with Crippen molar-refractivity contribution in [3.8, 4) is 0 Å². The van der Waals surface area contributed by atoms with E-state index in [2.05, 4.69) is 4.98 Å². The van der Waals surface area contributed by atoms with Gasteiger partial charge in [0.25, 0.3) is 12.3 Å². The first-order valence-electron chi connectivity index (χ1n) is 5.67. The first kappa shape index (κ1) is 12.9. The van der Waals surface area contributed by atoms with Crippen LogP contribution >= 0.6 is 0 Å². The summed E-state index contributed by atoms with van der Waals surface area (Å²) in [5.74, 6) is -0.976. The number of amides is 1. The molecule has 1 saturated heterocycles. The Morgan fingerprint density at radius 3 is 3.00 bits per heavy atom. The summed E-state index contributed by atoms with van der Waals surface area (Å²) in [7, 11) is 1.56. The lowest BCUT2D eigenvalue weighted by molar-refractivity contribution is 0.0224. The number of carbonyl (C=O) groups is 1. The zero-order chi connectivity index (χ0) is 13.1. The minimum absolute atomic E-state index is 0.109. The van der Waals surface area contributed by atoms with E-state index < -0.39 is 23.8 Å². The van der Waals surface area contributed by atoms with E-state index in [0.29, 0.717) is 13.2 Å². The zero-order valence-corrected chi connectivity index (χ0v) is 9.94. The third-order valence-electron chi connectivity index (χ3n) is 3.00. The Morgan fingerprint density at radius 2 is 2.39 bits per heavy atom. The van der Waals surface area contributed by atoms with E-state index in [1.54, 1.807) is 7.05 Å². The molecule has 1 aromatic rings. The predicted molar refractivity (Wildman–Crippen MR) is 57.4 cm³/mol. The monoisotopic (exact) mass is 260 g/mol. The molecule has 1 fully saturated rings. The van der Waals surface area contributed by atoms with E-state index >= 15 is 0 Å². The molecule has 0 aliphatic carbocycles. The van der Waals surface area contributed by atoms with Crippen LogP contribution in [0.25, 0.3) is 0 Å². The summed E-state index contributed by atoms with van der Waals surface area (Å²) in [5.41, 5.74) is -0.608. The molecule has 2 rings (SSSR count). The van der Waals surface area contributed by atoms with Gasteiger partial charge in [0.1, 0.15) is 0 Å². The predicted octanol–water partition coefficient (Wildman–Crippen LogP) is 1.86. The topological polar surface area (TPSA) is 55.6 Å². The van der Waals surface area contributed by atoms with Crippen LogP contribution in [-0.2, 0) is 4.74 Å². The fourth-order valence-corrected chi connectivity index (χ4v) is 1.93. The molecule has 18 heavy (non-hydrogen) atoms. The van der Waals surface area contributed by atoms with E-state index in [0.717, 1.165) is 19.2 Å². The van der Waals surface area contributed by atoms with E-state index in [9.17, 15) is 13.6 Å². The van der Waals surface area contributed by atoms with Crippen LogP contribution < -0.4 is 0 Å². The second-order valence-electron chi connectivity index (χ2n) is 4.15. The quantitative estimate of drug-likeness (QED) is 0.832. The van der Waals surface area contributed by atoms with Gasteiger partial charge in [-0.05, 0) is 12.8 Å². The van der Waals surface area contributed by atoms with Gasteiger partial charge >= 0.3 is 0 Å². The lowest BCUT2D eigenvalue weighted by atomic mass is 10.1. The van der Waals surface area contributed by atoms with Gasteiger partial charge in [-0.15, -0.1) is 0 Å². The van der Waals surface area contributed by atoms with Gasteiger partial charge in [-0.1, -0.05) is 0 Å². The van der Waals surface area contributed by atoms with Crippen molar-refractivity contribution in [1.82, 2.24) is 9.88 Å². The maximum absolute atomic E-state index is 12.6. The maximum atomic E-state index is 12.6. The normalized spacial score (nSPS) is 20.1. The Kier molecular flexibility index (Phi) is 3.90. The molecule has 5 nitrogen and oxygen atoms in total. The molecular weight excluding hydrogens is 246 g/mol. The number of hydrogen-bond acceptors (Lipinski definition) is 4. The Labute approximate surface area is 103 Å². The van der Waals surface area contributed by atoms with Crippen LogP contribution in [0.5, 0.6) is 0 Å². The number of nitrogens with zero attached hydrogens (tertiary/aromatic N) is 2. The molecule has 0 radical (unpaired) electrons. The van der Waals surface area contributed by atoms with Gasteiger partial charge in [-0.25, -0.2) is 13.8 Å². The van der Waals surface area contributed by atoms with Crippen LogP contribution in [0.2, 0.25) is 0 Å². The molecule has 0 N–H and O–H groups in total. The summed E-state index contributed by atoms with van der Waals surface area (Å²) >= 11 is 0. The van der Waals surface area contributed by atoms with Crippen molar-refractivity contribution in [2.24, 2.45) is 0 Å². The summed E-state index contributed by atoms with van der Waals surface area (Å²) in [6, 6.07) is -0.109. The molecular formula is C11H14F2N2O3. The summed E-state index contributed by atoms with van der Waals surface area (Å²) < 4.78 is 35.3. The molecule has 0 saturated carbocycles. The molecule has 0 spiro atoms. The van der Waals surface area contributed by atoms with Gasteiger partial charge in [0.2, 0.25) is 5.76 Å². The average molecular weight is 260 g/mol. The summed E-state index contributed by atoms with van der Waals surface area (Å²) in [4.78, 5) is 16.8. The van der Waals surface area contributed by atoms with Crippen molar-refractivity contribution < 1.29 is 22.7 Å². The summed E-state index contributed by atoms with van der Waals surface area (Å²) in [6.45, 7) is 1.09. The van der Waals surface area contributed by atoms with E-state index in [4.69, 9.17) is 9.15 Å². The van der Waals surface area contributed by atoms with Crippen molar-refractivity contribution in [2.75, 3.05) is 20.3 Å². The number of rotatable bonds is 3. The minimum atomic E-state index is -2.82. The van der Waals surface area contributed by atoms with Crippen LogP contribution in [0.15, 0.2) is 10.8 Å². The lowest BCUT2D eigenvalue weighted by Crippen LogP contribution is -2.42. The highest BCUT2D eigenvalue weighted by atomic mass is 19.3. The lowest BCUT2D eigenvalue weighted by Gasteiger charge is -2.30. The fraction of sp³-hybridized carbons (Fsp3) is 0.636. The van der Waals surface area contributed by atoms with Crippen LogP contribution in [0.3, 0.4) is 0 Å². The van der Waals surface area contributed by atoms with E-state index in [-0.39, 0.29) is 6.04 Å². The van der Waals surface area contributed by atoms with E-state index in [1.165, 1.54) is 4.90 Å². The molecule has 1 aliphatic rings. The van der Waals surface area contributed by atoms with Gasteiger partial charge in [-0.3, -0.25) is 4.79 Å². The van der Waals surface area contributed by atoms with Crippen LogP contribution in [0, 0.1) is 0 Å². The summed E-state index contributed by atoms with van der Waals surface area (Å²) in [6.07, 6.45) is -0.320. The third-order valence-corrected chi connectivity index (χ3v) is 3.00. The molecule has 7 heteroatoms. The molecule has 1 aromatic heterocycles.